The molecule has 0 aliphatic carbocycles. The number of amides is 3. The topological polar surface area (TPSA) is 103 Å². The molecule has 4 rings (SSSR count). The lowest BCUT2D eigenvalue weighted by Crippen LogP contribution is -2.46. The van der Waals surface area contributed by atoms with Gasteiger partial charge in [-0.1, -0.05) is 36.4 Å². The summed E-state index contributed by atoms with van der Waals surface area (Å²) in [7, 11) is 1.73. The summed E-state index contributed by atoms with van der Waals surface area (Å²) in [5.41, 5.74) is 3.98. The van der Waals surface area contributed by atoms with E-state index in [0.29, 0.717) is 13.2 Å². The zero-order chi connectivity index (χ0) is 22.7. The molecule has 2 bridgehead atoms. The van der Waals surface area contributed by atoms with Gasteiger partial charge in [-0.15, -0.1) is 0 Å². The highest BCUT2D eigenvalue weighted by Gasteiger charge is 2.36. The van der Waals surface area contributed by atoms with E-state index in [0.717, 1.165) is 28.8 Å². The standard InChI is InChI=1S/C24H30N4O4/c1-15(17-6-4-3-5-7-17)28(2)23(30)13-26-24(31)25-12-16-8-9-19-18(10-16)22-11-20(27-19)21(29)14-32-22/h3-10,15,20-22,27,29H,11-14H2,1-2H3,(H2,25,26,31)/t15-,20?,21-,22?/m1/s1. The minimum absolute atomic E-state index is 0.0104. The number of ether oxygens (including phenoxy) is 1. The molecular formula is C24H30N4O4. The van der Waals surface area contributed by atoms with Gasteiger partial charge in [0.15, 0.2) is 0 Å². The Kier molecular flexibility index (Phi) is 6.62. The van der Waals surface area contributed by atoms with E-state index in [4.69, 9.17) is 4.74 Å². The molecule has 0 spiro atoms. The molecule has 2 aliphatic heterocycles. The third-order valence-corrected chi connectivity index (χ3v) is 6.31. The van der Waals surface area contributed by atoms with Crippen LogP contribution >= 0.6 is 0 Å². The highest BCUT2D eigenvalue weighted by Crippen LogP contribution is 2.39. The van der Waals surface area contributed by atoms with Crippen molar-refractivity contribution in [3.63, 3.8) is 0 Å². The Bertz CT molecular complexity index is 968. The summed E-state index contributed by atoms with van der Waals surface area (Å²) in [6, 6.07) is 15.2. The molecule has 2 unspecified atom stereocenters. The van der Waals surface area contributed by atoms with Crippen molar-refractivity contribution >= 4 is 17.6 Å². The van der Waals surface area contributed by atoms with Gasteiger partial charge in [0.1, 0.15) is 0 Å². The van der Waals surface area contributed by atoms with Gasteiger partial charge in [0.2, 0.25) is 5.91 Å². The van der Waals surface area contributed by atoms with Crippen molar-refractivity contribution in [1.82, 2.24) is 15.5 Å². The molecule has 8 nitrogen and oxygen atoms in total. The first kappa shape index (κ1) is 22.1. The van der Waals surface area contributed by atoms with Gasteiger partial charge in [0.25, 0.3) is 0 Å². The number of hydrogen-bond acceptors (Lipinski definition) is 5. The van der Waals surface area contributed by atoms with Crippen molar-refractivity contribution in [1.29, 1.82) is 0 Å². The summed E-state index contributed by atoms with van der Waals surface area (Å²) in [5, 5.41) is 18.8. The molecule has 2 aromatic carbocycles. The second-order valence-electron chi connectivity index (χ2n) is 8.42. The predicted molar refractivity (Wildman–Crippen MR) is 121 cm³/mol. The second-order valence-corrected chi connectivity index (χ2v) is 8.42. The molecule has 1 saturated heterocycles. The minimum Gasteiger partial charge on any atom is -0.389 e. The Labute approximate surface area is 187 Å². The van der Waals surface area contributed by atoms with E-state index in [1.54, 1.807) is 11.9 Å². The maximum Gasteiger partial charge on any atom is 0.315 e. The fraction of sp³-hybridized carbons (Fsp3) is 0.417. The van der Waals surface area contributed by atoms with Crippen molar-refractivity contribution in [2.45, 2.75) is 44.2 Å². The van der Waals surface area contributed by atoms with Crippen LogP contribution in [0.3, 0.4) is 0 Å². The largest absolute Gasteiger partial charge is 0.389 e. The van der Waals surface area contributed by atoms with E-state index in [-0.39, 0.29) is 30.6 Å². The number of carbonyl (C=O) groups excluding carboxylic acids is 2. The molecule has 170 valence electrons. The molecule has 2 heterocycles. The first-order valence-electron chi connectivity index (χ1n) is 10.9. The number of rotatable bonds is 6. The normalized spacial score (nSPS) is 22.2. The number of nitrogens with one attached hydrogen (secondary N) is 3. The number of anilines is 1. The van der Waals surface area contributed by atoms with Gasteiger partial charge in [-0.3, -0.25) is 4.79 Å². The highest BCUT2D eigenvalue weighted by molar-refractivity contribution is 5.84. The molecule has 1 fully saturated rings. The van der Waals surface area contributed by atoms with E-state index >= 15 is 0 Å². The number of carbonyl (C=O) groups is 2. The first-order chi connectivity index (χ1) is 15.4. The molecule has 0 aromatic heterocycles. The summed E-state index contributed by atoms with van der Waals surface area (Å²) in [5.74, 6) is -0.164. The van der Waals surface area contributed by atoms with Gasteiger partial charge in [-0.05, 0) is 30.2 Å². The van der Waals surface area contributed by atoms with Gasteiger partial charge in [0.05, 0.1) is 37.4 Å². The average Bonchev–Trinajstić information content (AvgIpc) is 2.83. The molecule has 3 amide bonds. The van der Waals surface area contributed by atoms with Crippen LogP contribution < -0.4 is 16.0 Å². The maximum atomic E-state index is 12.5. The van der Waals surface area contributed by atoms with Crippen LogP contribution in [0.4, 0.5) is 10.5 Å². The molecule has 2 aromatic rings. The third kappa shape index (κ3) is 4.87. The fourth-order valence-corrected chi connectivity index (χ4v) is 4.17. The molecule has 32 heavy (non-hydrogen) atoms. The smallest absolute Gasteiger partial charge is 0.315 e. The summed E-state index contributed by atoms with van der Waals surface area (Å²) in [6.45, 7) is 2.53. The van der Waals surface area contributed by atoms with Crippen molar-refractivity contribution in [2.75, 3.05) is 25.5 Å². The van der Waals surface area contributed by atoms with Gasteiger partial charge in [-0.25, -0.2) is 4.79 Å². The molecule has 4 N–H and O–H groups in total. The summed E-state index contributed by atoms with van der Waals surface area (Å²) in [6.07, 6.45) is 0.179. The van der Waals surface area contributed by atoms with Crippen LogP contribution in [-0.2, 0) is 16.1 Å². The average molecular weight is 439 g/mol. The van der Waals surface area contributed by atoms with E-state index in [1.165, 1.54) is 0 Å². The Morgan fingerprint density at radius 1 is 1.22 bits per heavy atom. The first-order valence-corrected chi connectivity index (χ1v) is 10.9. The molecule has 2 aliphatic rings. The predicted octanol–water partition coefficient (Wildman–Crippen LogP) is 2.32. The lowest BCUT2D eigenvalue weighted by molar-refractivity contribution is -0.130. The van der Waals surface area contributed by atoms with Crippen LogP contribution in [0.15, 0.2) is 48.5 Å². The molecule has 0 radical (unpaired) electrons. The van der Waals surface area contributed by atoms with Crippen LogP contribution in [-0.4, -0.2) is 54.3 Å². The van der Waals surface area contributed by atoms with Crippen molar-refractivity contribution < 1.29 is 19.4 Å². The lowest BCUT2D eigenvalue weighted by atomic mass is 9.89. The number of hydrogen-bond donors (Lipinski definition) is 4. The van der Waals surface area contributed by atoms with Crippen LogP contribution in [0.5, 0.6) is 0 Å². The molecule has 0 saturated carbocycles. The number of fused-ring (bicyclic) bond motifs is 4. The third-order valence-electron chi connectivity index (χ3n) is 6.31. The maximum absolute atomic E-state index is 12.5. The number of nitrogens with zero attached hydrogens (tertiary/aromatic N) is 1. The van der Waals surface area contributed by atoms with Crippen LogP contribution in [0.1, 0.15) is 42.2 Å². The van der Waals surface area contributed by atoms with E-state index in [1.807, 2.05) is 55.5 Å². The molecule has 4 atom stereocenters. The zero-order valence-corrected chi connectivity index (χ0v) is 18.4. The summed E-state index contributed by atoms with van der Waals surface area (Å²) in [4.78, 5) is 26.3. The summed E-state index contributed by atoms with van der Waals surface area (Å²) < 4.78 is 5.77. The Morgan fingerprint density at radius 3 is 2.78 bits per heavy atom. The van der Waals surface area contributed by atoms with E-state index < -0.39 is 12.1 Å². The Hall–Kier alpha value is -3.10. The van der Waals surface area contributed by atoms with Crippen molar-refractivity contribution in [3.8, 4) is 0 Å². The Balaban J connectivity index is 1.26. The minimum atomic E-state index is -0.498. The van der Waals surface area contributed by atoms with Crippen molar-refractivity contribution in [3.05, 3.63) is 65.2 Å². The number of benzene rings is 2. The lowest BCUT2D eigenvalue weighted by Gasteiger charge is -2.40. The molecular weight excluding hydrogens is 408 g/mol. The van der Waals surface area contributed by atoms with Crippen molar-refractivity contribution in [2.24, 2.45) is 0 Å². The number of likely N-dealkylation sites (N-methyl/N-ethyl adjacent to an activating group) is 1. The highest BCUT2D eigenvalue weighted by atomic mass is 16.5. The van der Waals surface area contributed by atoms with E-state index in [9.17, 15) is 14.7 Å². The van der Waals surface area contributed by atoms with E-state index in [2.05, 4.69) is 16.0 Å². The van der Waals surface area contributed by atoms with Crippen LogP contribution in [0.2, 0.25) is 0 Å². The van der Waals surface area contributed by atoms with Crippen LogP contribution in [0, 0.1) is 0 Å². The summed E-state index contributed by atoms with van der Waals surface area (Å²) >= 11 is 0. The number of aliphatic hydroxyl groups excluding tert-OH is 1. The van der Waals surface area contributed by atoms with Gasteiger partial charge in [-0.2, -0.15) is 0 Å². The van der Waals surface area contributed by atoms with Gasteiger partial charge in [0, 0.05) is 31.3 Å². The quantitative estimate of drug-likeness (QED) is 0.554. The van der Waals surface area contributed by atoms with Gasteiger partial charge < -0.3 is 30.7 Å². The second kappa shape index (κ2) is 9.58. The monoisotopic (exact) mass is 438 g/mol. The van der Waals surface area contributed by atoms with Crippen LogP contribution in [0.25, 0.3) is 0 Å². The zero-order valence-electron chi connectivity index (χ0n) is 18.4. The van der Waals surface area contributed by atoms with Gasteiger partial charge >= 0.3 is 6.03 Å². The SMILES string of the molecule is C[C@H](c1ccccc1)N(C)C(=O)CNC(=O)NCc1ccc2c(c1)C1CC(N2)[C@H](O)CO1. The number of aliphatic hydroxyl groups is 1. The molecule has 8 heteroatoms. The Morgan fingerprint density at radius 2 is 2.00 bits per heavy atom. The fourth-order valence-electron chi connectivity index (χ4n) is 4.17. The number of urea groups is 1.